The molecule has 0 aromatic heterocycles. The molecule has 2 amide bonds. The highest BCUT2D eigenvalue weighted by Crippen LogP contribution is 2.39. The summed E-state index contributed by atoms with van der Waals surface area (Å²) < 4.78 is 16.3. The van der Waals surface area contributed by atoms with Gasteiger partial charge in [-0.05, 0) is 59.2 Å². The summed E-state index contributed by atoms with van der Waals surface area (Å²) in [4.78, 5) is 30.1. The van der Waals surface area contributed by atoms with Crippen molar-refractivity contribution in [3.63, 3.8) is 0 Å². The number of carbonyl (C=O) groups excluding carboxylic acids is 2. The normalized spacial score (nSPS) is 17.2. The minimum atomic E-state index is -0.129. The van der Waals surface area contributed by atoms with Crippen LogP contribution in [0.5, 0.6) is 17.2 Å². The molecule has 2 aliphatic rings. The van der Waals surface area contributed by atoms with Gasteiger partial charge in [-0.1, -0.05) is 30.3 Å². The minimum absolute atomic E-state index is 0.00216. The summed E-state index contributed by atoms with van der Waals surface area (Å²) in [5.74, 6) is 1.81. The minimum Gasteiger partial charge on any atom is -0.496 e. The average molecular weight is 487 g/mol. The Bertz CT molecular complexity index is 1350. The maximum absolute atomic E-state index is 13.5. The first-order valence-corrected chi connectivity index (χ1v) is 12.1. The van der Waals surface area contributed by atoms with E-state index in [0.29, 0.717) is 18.0 Å². The van der Waals surface area contributed by atoms with Crippen molar-refractivity contribution in [2.45, 2.75) is 25.3 Å². The quantitative estimate of drug-likeness (QED) is 0.510. The number of amides is 2. The standard InChI is InChI=1S/C29H30N2O5/c1-34-25-11-10-22(21-7-4-5-8-23(21)25)24-9-6-13-31(24)29(33)18-30-14-12-19-15-26(35-2)27(36-3)16-20(19)17-28(30)32/h4-5,7-8,10-12,14-16,24H,6,9,13,17-18H2,1-3H3/t24-/m0/s1. The summed E-state index contributed by atoms with van der Waals surface area (Å²) in [7, 11) is 4.82. The third-order valence-corrected chi connectivity index (χ3v) is 7.12. The molecule has 1 fully saturated rings. The van der Waals surface area contributed by atoms with Crippen molar-refractivity contribution in [2.75, 3.05) is 34.4 Å². The Kier molecular flexibility index (Phi) is 6.55. The zero-order valence-electron chi connectivity index (χ0n) is 20.8. The van der Waals surface area contributed by atoms with Crippen molar-refractivity contribution in [1.82, 2.24) is 9.80 Å². The first kappa shape index (κ1) is 23.7. The predicted molar refractivity (Wildman–Crippen MR) is 138 cm³/mol. The van der Waals surface area contributed by atoms with E-state index in [1.807, 2.05) is 47.4 Å². The Morgan fingerprint density at radius 2 is 1.67 bits per heavy atom. The topological polar surface area (TPSA) is 68.3 Å². The largest absolute Gasteiger partial charge is 0.496 e. The van der Waals surface area contributed by atoms with Crippen LogP contribution in [0, 0.1) is 0 Å². The molecule has 7 heteroatoms. The zero-order chi connectivity index (χ0) is 25.2. The van der Waals surface area contributed by atoms with Gasteiger partial charge in [0.1, 0.15) is 12.3 Å². The maximum atomic E-state index is 13.5. The summed E-state index contributed by atoms with van der Waals surface area (Å²) in [5, 5.41) is 2.12. The molecule has 1 atom stereocenters. The number of likely N-dealkylation sites (tertiary alicyclic amines) is 1. The molecule has 5 rings (SSSR count). The van der Waals surface area contributed by atoms with Crippen molar-refractivity contribution < 1.29 is 23.8 Å². The molecule has 186 valence electrons. The van der Waals surface area contributed by atoms with Crippen molar-refractivity contribution >= 4 is 28.7 Å². The van der Waals surface area contributed by atoms with E-state index in [1.54, 1.807) is 27.5 Å². The Labute approximate surface area is 210 Å². The fraction of sp³-hybridized carbons (Fsp3) is 0.310. The fourth-order valence-corrected chi connectivity index (χ4v) is 5.29. The highest BCUT2D eigenvalue weighted by atomic mass is 16.5. The number of ether oxygens (including phenoxy) is 3. The Morgan fingerprint density at radius 1 is 0.944 bits per heavy atom. The molecule has 0 saturated carbocycles. The molecule has 36 heavy (non-hydrogen) atoms. The molecule has 2 heterocycles. The number of methoxy groups -OCH3 is 3. The van der Waals surface area contributed by atoms with Gasteiger partial charge in [0.15, 0.2) is 11.5 Å². The number of carbonyl (C=O) groups is 2. The lowest BCUT2D eigenvalue weighted by molar-refractivity contribution is -0.138. The summed E-state index contributed by atoms with van der Waals surface area (Å²) in [6.07, 6.45) is 5.55. The molecule has 0 N–H and O–H groups in total. The van der Waals surface area contributed by atoms with Crippen LogP contribution in [-0.2, 0) is 16.0 Å². The molecule has 7 nitrogen and oxygen atoms in total. The smallest absolute Gasteiger partial charge is 0.243 e. The molecule has 3 aromatic carbocycles. The van der Waals surface area contributed by atoms with E-state index in [-0.39, 0.29) is 30.8 Å². The fourth-order valence-electron chi connectivity index (χ4n) is 5.29. The van der Waals surface area contributed by atoms with Gasteiger partial charge in [0.2, 0.25) is 11.8 Å². The molecular weight excluding hydrogens is 456 g/mol. The number of hydrogen-bond donors (Lipinski definition) is 0. The summed E-state index contributed by atoms with van der Waals surface area (Å²) in [5.41, 5.74) is 2.83. The second-order valence-corrected chi connectivity index (χ2v) is 9.07. The number of rotatable bonds is 6. The van der Waals surface area contributed by atoms with Gasteiger partial charge < -0.3 is 24.0 Å². The van der Waals surface area contributed by atoms with Gasteiger partial charge in [-0.25, -0.2) is 0 Å². The van der Waals surface area contributed by atoms with E-state index in [2.05, 4.69) is 12.1 Å². The second-order valence-electron chi connectivity index (χ2n) is 9.07. The Hall–Kier alpha value is -4.00. The monoisotopic (exact) mass is 486 g/mol. The zero-order valence-corrected chi connectivity index (χ0v) is 20.8. The molecule has 0 radical (unpaired) electrons. The number of benzene rings is 3. The van der Waals surface area contributed by atoms with E-state index in [0.717, 1.165) is 46.1 Å². The van der Waals surface area contributed by atoms with E-state index in [4.69, 9.17) is 14.2 Å². The Balaban J connectivity index is 1.38. The van der Waals surface area contributed by atoms with E-state index < -0.39 is 0 Å². The summed E-state index contributed by atoms with van der Waals surface area (Å²) >= 11 is 0. The van der Waals surface area contributed by atoms with Crippen LogP contribution in [0.25, 0.3) is 16.8 Å². The van der Waals surface area contributed by atoms with Gasteiger partial charge in [-0.2, -0.15) is 0 Å². The molecular formula is C29H30N2O5. The van der Waals surface area contributed by atoms with Gasteiger partial charge >= 0.3 is 0 Å². The summed E-state index contributed by atoms with van der Waals surface area (Å²) in [6, 6.07) is 15.8. The third kappa shape index (κ3) is 4.26. The van der Waals surface area contributed by atoms with Crippen molar-refractivity contribution in [2.24, 2.45) is 0 Å². The van der Waals surface area contributed by atoms with E-state index in [9.17, 15) is 9.59 Å². The van der Waals surface area contributed by atoms with E-state index in [1.165, 1.54) is 4.90 Å². The SMILES string of the molecule is COc1cc2c(cc1OC)CC(=O)N(CC(=O)N1CCC[C@H]1c1ccc(OC)c3ccccc13)C=C2. The van der Waals surface area contributed by atoms with Gasteiger partial charge in [-0.3, -0.25) is 9.59 Å². The first-order valence-electron chi connectivity index (χ1n) is 12.1. The van der Waals surface area contributed by atoms with Crippen LogP contribution < -0.4 is 14.2 Å². The number of fused-ring (bicyclic) bond motifs is 2. The molecule has 0 spiro atoms. The lowest BCUT2D eigenvalue weighted by Gasteiger charge is -2.28. The lowest BCUT2D eigenvalue weighted by Crippen LogP contribution is -2.40. The van der Waals surface area contributed by atoms with Crippen LogP contribution in [-0.4, -0.2) is 56.0 Å². The van der Waals surface area contributed by atoms with Gasteiger partial charge in [0, 0.05) is 18.1 Å². The maximum Gasteiger partial charge on any atom is 0.243 e. The number of hydrogen-bond acceptors (Lipinski definition) is 5. The second kappa shape index (κ2) is 9.93. The summed E-state index contributed by atoms with van der Waals surface area (Å²) in [6.45, 7) is 0.673. The van der Waals surface area contributed by atoms with Gasteiger partial charge in [0.05, 0.1) is 33.8 Å². The van der Waals surface area contributed by atoms with Gasteiger partial charge in [-0.15, -0.1) is 0 Å². The van der Waals surface area contributed by atoms with Crippen LogP contribution in [0.1, 0.15) is 35.6 Å². The third-order valence-electron chi connectivity index (χ3n) is 7.12. The van der Waals surface area contributed by atoms with Gasteiger partial charge in [0.25, 0.3) is 0 Å². The van der Waals surface area contributed by atoms with Crippen LogP contribution in [0.15, 0.2) is 54.7 Å². The molecule has 1 saturated heterocycles. The van der Waals surface area contributed by atoms with Crippen LogP contribution in [0.3, 0.4) is 0 Å². The first-order chi connectivity index (χ1) is 17.5. The van der Waals surface area contributed by atoms with Crippen LogP contribution in [0.4, 0.5) is 0 Å². The molecule has 0 aliphatic carbocycles. The van der Waals surface area contributed by atoms with Crippen molar-refractivity contribution in [3.05, 3.63) is 71.4 Å². The number of nitrogens with zero attached hydrogens (tertiary/aromatic N) is 2. The van der Waals surface area contributed by atoms with Crippen LogP contribution in [0.2, 0.25) is 0 Å². The van der Waals surface area contributed by atoms with Crippen molar-refractivity contribution in [3.8, 4) is 17.2 Å². The van der Waals surface area contributed by atoms with Crippen molar-refractivity contribution in [1.29, 1.82) is 0 Å². The lowest BCUT2D eigenvalue weighted by atomic mass is 9.96. The molecule has 0 bridgehead atoms. The van der Waals surface area contributed by atoms with E-state index >= 15 is 0 Å². The Morgan fingerprint density at radius 3 is 2.42 bits per heavy atom. The molecule has 3 aromatic rings. The van der Waals surface area contributed by atoms with Crippen LogP contribution >= 0.6 is 0 Å². The molecule has 2 aliphatic heterocycles. The predicted octanol–water partition coefficient (Wildman–Crippen LogP) is 4.58. The highest BCUT2D eigenvalue weighted by Gasteiger charge is 2.33. The highest BCUT2D eigenvalue weighted by molar-refractivity contribution is 5.93. The molecule has 0 unspecified atom stereocenters. The average Bonchev–Trinajstić information content (AvgIpc) is 3.34.